The van der Waals surface area contributed by atoms with Crippen LogP contribution in [0.4, 0.5) is 10.1 Å². The van der Waals surface area contributed by atoms with Gasteiger partial charge in [0.05, 0.1) is 0 Å². The van der Waals surface area contributed by atoms with Gasteiger partial charge in [-0.25, -0.2) is 4.39 Å². The van der Waals surface area contributed by atoms with Gasteiger partial charge in [-0.1, -0.05) is 39.7 Å². The first-order valence-corrected chi connectivity index (χ1v) is 6.86. The van der Waals surface area contributed by atoms with Crippen molar-refractivity contribution < 1.29 is 4.39 Å². The van der Waals surface area contributed by atoms with Gasteiger partial charge in [0.1, 0.15) is 5.82 Å². The second kappa shape index (κ2) is 7.37. The number of benzene rings is 1. The van der Waals surface area contributed by atoms with Gasteiger partial charge in [-0.3, -0.25) is 4.90 Å². The van der Waals surface area contributed by atoms with Crippen molar-refractivity contribution in [2.75, 3.05) is 18.8 Å². The Hall–Kier alpha value is -1.09. The van der Waals surface area contributed by atoms with Crippen LogP contribution in [0.25, 0.3) is 0 Å². The summed E-state index contributed by atoms with van der Waals surface area (Å²) in [7, 11) is 0. The van der Waals surface area contributed by atoms with Gasteiger partial charge < -0.3 is 5.73 Å². The third kappa shape index (κ3) is 4.30. The smallest absolute Gasteiger partial charge is 0.125 e. The van der Waals surface area contributed by atoms with Crippen molar-refractivity contribution in [3.8, 4) is 0 Å². The minimum Gasteiger partial charge on any atom is -0.398 e. The summed E-state index contributed by atoms with van der Waals surface area (Å²) in [6, 6.07) is 4.68. The molecule has 0 aliphatic rings. The maximum Gasteiger partial charge on any atom is 0.125 e. The van der Waals surface area contributed by atoms with Gasteiger partial charge >= 0.3 is 0 Å². The Morgan fingerprint density at radius 1 is 1.22 bits per heavy atom. The zero-order valence-corrected chi connectivity index (χ0v) is 11.7. The van der Waals surface area contributed by atoms with Gasteiger partial charge in [0, 0.05) is 18.8 Å². The van der Waals surface area contributed by atoms with Crippen molar-refractivity contribution in [1.29, 1.82) is 0 Å². The quantitative estimate of drug-likeness (QED) is 0.750. The number of nitrogens with zero attached hydrogens (tertiary/aromatic N) is 1. The zero-order chi connectivity index (χ0) is 13.5. The largest absolute Gasteiger partial charge is 0.398 e. The third-order valence-corrected chi connectivity index (χ3v) is 3.62. The van der Waals surface area contributed by atoms with Crippen molar-refractivity contribution >= 4 is 5.69 Å². The Morgan fingerprint density at radius 2 is 1.89 bits per heavy atom. The van der Waals surface area contributed by atoms with E-state index in [1.54, 1.807) is 6.07 Å². The van der Waals surface area contributed by atoms with E-state index in [4.69, 9.17) is 5.73 Å². The number of rotatable bonds is 7. The molecule has 0 radical (unpaired) electrons. The van der Waals surface area contributed by atoms with Crippen LogP contribution in [0.2, 0.25) is 0 Å². The van der Waals surface area contributed by atoms with Crippen LogP contribution in [0.5, 0.6) is 0 Å². The Kier molecular flexibility index (Phi) is 6.13. The first-order chi connectivity index (χ1) is 8.60. The lowest BCUT2D eigenvalue weighted by Gasteiger charge is -2.25. The van der Waals surface area contributed by atoms with Crippen LogP contribution >= 0.6 is 0 Å². The molecule has 0 saturated carbocycles. The van der Waals surface area contributed by atoms with E-state index in [9.17, 15) is 4.39 Å². The van der Waals surface area contributed by atoms with E-state index < -0.39 is 0 Å². The van der Waals surface area contributed by atoms with Crippen molar-refractivity contribution in [3.05, 3.63) is 29.6 Å². The summed E-state index contributed by atoms with van der Waals surface area (Å²) in [5, 5.41) is 0. The Morgan fingerprint density at radius 3 is 2.39 bits per heavy atom. The molecule has 0 unspecified atom stereocenters. The molecule has 0 bridgehead atoms. The highest BCUT2D eigenvalue weighted by Gasteiger charge is 2.11. The maximum absolute atomic E-state index is 13.0. The minimum atomic E-state index is -0.265. The van der Waals surface area contributed by atoms with Crippen molar-refractivity contribution in [3.63, 3.8) is 0 Å². The fourth-order valence-corrected chi connectivity index (χ4v) is 2.17. The second-order valence-corrected chi connectivity index (χ2v) is 4.85. The molecule has 0 spiro atoms. The molecule has 1 aromatic carbocycles. The zero-order valence-electron chi connectivity index (χ0n) is 11.7. The van der Waals surface area contributed by atoms with Crippen molar-refractivity contribution in [1.82, 2.24) is 4.90 Å². The highest BCUT2D eigenvalue weighted by Crippen LogP contribution is 2.17. The first kappa shape index (κ1) is 15.0. The van der Waals surface area contributed by atoms with Gasteiger partial charge in [-0.2, -0.15) is 0 Å². The van der Waals surface area contributed by atoms with E-state index >= 15 is 0 Å². The van der Waals surface area contributed by atoms with E-state index in [2.05, 4.69) is 25.7 Å². The number of anilines is 1. The fraction of sp³-hybridized carbons (Fsp3) is 0.600. The average molecular weight is 252 g/mol. The van der Waals surface area contributed by atoms with Crippen LogP contribution in [-0.4, -0.2) is 18.0 Å². The lowest BCUT2D eigenvalue weighted by Crippen LogP contribution is -2.29. The lowest BCUT2D eigenvalue weighted by atomic mass is 10.0. The number of nitrogen functional groups attached to an aromatic ring is 1. The molecule has 102 valence electrons. The predicted octanol–water partition coefficient (Wildman–Crippen LogP) is 3.67. The van der Waals surface area contributed by atoms with Crippen LogP contribution in [0, 0.1) is 11.7 Å². The molecule has 0 amide bonds. The summed E-state index contributed by atoms with van der Waals surface area (Å²) in [4.78, 5) is 2.38. The molecule has 0 aromatic heterocycles. The number of hydrogen-bond acceptors (Lipinski definition) is 2. The molecular formula is C15H25FN2. The minimum absolute atomic E-state index is 0.265. The van der Waals surface area contributed by atoms with Crippen LogP contribution in [0.15, 0.2) is 18.2 Å². The second-order valence-electron chi connectivity index (χ2n) is 4.85. The highest BCUT2D eigenvalue weighted by molar-refractivity contribution is 5.46. The predicted molar refractivity (Wildman–Crippen MR) is 75.8 cm³/mol. The Labute approximate surface area is 110 Å². The van der Waals surface area contributed by atoms with Crippen molar-refractivity contribution in [2.45, 2.75) is 40.2 Å². The van der Waals surface area contributed by atoms with Gasteiger partial charge in [-0.15, -0.1) is 0 Å². The molecule has 0 heterocycles. The summed E-state index contributed by atoms with van der Waals surface area (Å²) < 4.78 is 13.0. The van der Waals surface area contributed by atoms with Gasteiger partial charge in [0.2, 0.25) is 0 Å². The summed E-state index contributed by atoms with van der Waals surface area (Å²) in [5.41, 5.74) is 7.43. The number of hydrogen-bond donors (Lipinski definition) is 1. The first-order valence-electron chi connectivity index (χ1n) is 6.86. The SMILES string of the molecule is CCC(CC)CN(CC)Cc1ccc(F)cc1N. The van der Waals surface area contributed by atoms with E-state index in [1.165, 1.54) is 25.0 Å². The van der Waals surface area contributed by atoms with Crippen molar-refractivity contribution in [2.24, 2.45) is 5.92 Å². The maximum atomic E-state index is 13.0. The van der Waals surface area contributed by atoms with E-state index in [0.29, 0.717) is 5.69 Å². The number of nitrogens with two attached hydrogens (primary N) is 1. The highest BCUT2D eigenvalue weighted by atomic mass is 19.1. The summed E-state index contributed by atoms with van der Waals surface area (Å²) in [5.74, 6) is 0.464. The molecule has 0 aliphatic heterocycles. The van der Waals surface area contributed by atoms with E-state index in [0.717, 1.165) is 31.1 Å². The molecule has 18 heavy (non-hydrogen) atoms. The van der Waals surface area contributed by atoms with E-state index in [1.807, 2.05) is 0 Å². The van der Waals surface area contributed by atoms with Crippen LogP contribution < -0.4 is 5.73 Å². The van der Waals surface area contributed by atoms with Crippen LogP contribution in [-0.2, 0) is 6.54 Å². The molecule has 0 saturated heterocycles. The molecule has 1 rings (SSSR count). The molecule has 0 fully saturated rings. The standard InChI is InChI=1S/C15H25FN2/c1-4-12(5-2)10-18(6-3)11-13-7-8-14(16)9-15(13)17/h7-9,12H,4-6,10-11,17H2,1-3H3. The van der Waals surface area contributed by atoms with Gasteiger partial charge in [0.15, 0.2) is 0 Å². The normalized spacial score (nSPS) is 11.4. The summed E-state index contributed by atoms with van der Waals surface area (Å²) >= 11 is 0. The molecule has 2 N–H and O–H groups in total. The lowest BCUT2D eigenvalue weighted by molar-refractivity contribution is 0.226. The Balaban J connectivity index is 2.67. The molecule has 0 aliphatic carbocycles. The van der Waals surface area contributed by atoms with Crippen LogP contribution in [0.3, 0.4) is 0 Å². The molecule has 0 atom stereocenters. The fourth-order valence-electron chi connectivity index (χ4n) is 2.17. The summed E-state index contributed by atoms with van der Waals surface area (Å²) in [6.07, 6.45) is 2.40. The topological polar surface area (TPSA) is 29.3 Å². The monoisotopic (exact) mass is 252 g/mol. The molecule has 1 aromatic rings. The third-order valence-electron chi connectivity index (χ3n) is 3.62. The van der Waals surface area contributed by atoms with Gasteiger partial charge in [0.25, 0.3) is 0 Å². The molecular weight excluding hydrogens is 227 g/mol. The average Bonchev–Trinajstić information content (AvgIpc) is 2.37. The van der Waals surface area contributed by atoms with Gasteiger partial charge in [-0.05, 0) is 30.2 Å². The molecule has 2 nitrogen and oxygen atoms in total. The summed E-state index contributed by atoms with van der Waals surface area (Å²) in [6.45, 7) is 9.50. The van der Waals surface area contributed by atoms with Crippen LogP contribution in [0.1, 0.15) is 39.2 Å². The molecule has 3 heteroatoms. The number of halogens is 1. The van der Waals surface area contributed by atoms with E-state index in [-0.39, 0.29) is 5.82 Å². The Bertz CT molecular complexity index is 362.